The minimum Gasteiger partial charge on any atom is -0.354 e. The van der Waals surface area contributed by atoms with Gasteiger partial charge in [0.15, 0.2) is 5.96 Å². The van der Waals surface area contributed by atoms with Crippen molar-refractivity contribution in [2.24, 2.45) is 4.99 Å². The quantitative estimate of drug-likeness (QED) is 0.610. The van der Waals surface area contributed by atoms with Crippen LogP contribution in [-0.4, -0.2) is 56.1 Å². The van der Waals surface area contributed by atoms with E-state index in [0.717, 1.165) is 16.8 Å². The van der Waals surface area contributed by atoms with Crippen LogP contribution in [0.3, 0.4) is 0 Å². The average Bonchev–Trinajstić information content (AvgIpc) is 3.01. The number of thioether (sulfide) groups is 1. The Kier molecular flexibility index (Phi) is 7.37. The molecule has 3 atom stereocenters. The summed E-state index contributed by atoms with van der Waals surface area (Å²) in [5, 5.41) is 7.67. The first-order valence-corrected chi connectivity index (χ1v) is 9.74. The van der Waals surface area contributed by atoms with Crippen molar-refractivity contribution >= 4 is 17.7 Å². The smallest absolute Gasteiger partial charge is 0.191 e. The van der Waals surface area contributed by atoms with E-state index in [4.69, 9.17) is 0 Å². The molecule has 1 aromatic rings. The summed E-state index contributed by atoms with van der Waals surface area (Å²) >= 11 is 1.95. The SMILES string of the molecule is CN=C(NCC(c1cccc(F)c1)N(C)C)NC1CCC(SC)C1. The van der Waals surface area contributed by atoms with Gasteiger partial charge in [0.2, 0.25) is 0 Å². The molecular formula is C18H29FN4S. The second-order valence-corrected chi connectivity index (χ2v) is 7.64. The fraction of sp³-hybridized carbons (Fsp3) is 0.611. The molecule has 0 aliphatic heterocycles. The van der Waals surface area contributed by atoms with Gasteiger partial charge in [0.05, 0.1) is 6.04 Å². The van der Waals surface area contributed by atoms with Gasteiger partial charge in [-0.15, -0.1) is 0 Å². The zero-order valence-electron chi connectivity index (χ0n) is 15.1. The summed E-state index contributed by atoms with van der Waals surface area (Å²) in [7, 11) is 5.81. The molecule has 1 aliphatic rings. The number of hydrogen-bond donors (Lipinski definition) is 2. The van der Waals surface area contributed by atoms with Crippen molar-refractivity contribution in [2.45, 2.75) is 36.6 Å². The van der Waals surface area contributed by atoms with E-state index in [1.807, 2.05) is 31.9 Å². The van der Waals surface area contributed by atoms with E-state index in [-0.39, 0.29) is 11.9 Å². The summed E-state index contributed by atoms with van der Waals surface area (Å²) in [5.41, 5.74) is 0.964. The largest absolute Gasteiger partial charge is 0.354 e. The maximum absolute atomic E-state index is 13.5. The fourth-order valence-corrected chi connectivity index (χ4v) is 3.98. The van der Waals surface area contributed by atoms with E-state index in [1.54, 1.807) is 19.2 Å². The highest BCUT2D eigenvalue weighted by molar-refractivity contribution is 7.99. The molecule has 0 amide bonds. The lowest BCUT2D eigenvalue weighted by Crippen LogP contribution is -2.45. The molecule has 3 unspecified atom stereocenters. The van der Waals surface area contributed by atoms with Crippen LogP contribution < -0.4 is 10.6 Å². The predicted molar refractivity (Wildman–Crippen MR) is 102 cm³/mol. The molecule has 0 aromatic heterocycles. The van der Waals surface area contributed by atoms with Gasteiger partial charge in [-0.1, -0.05) is 12.1 Å². The Hall–Kier alpha value is -1.27. The van der Waals surface area contributed by atoms with Crippen molar-refractivity contribution in [2.75, 3.05) is 33.9 Å². The van der Waals surface area contributed by atoms with Crippen LogP contribution in [0, 0.1) is 5.82 Å². The van der Waals surface area contributed by atoms with Crippen molar-refractivity contribution in [3.63, 3.8) is 0 Å². The highest BCUT2D eigenvalue weighted by Gasteiger charge is 2.24. The molecule has 0 bridgehead atoms. The molecule has 0 radical (unpaired) electrons. The minimum absolute atomic E-state index is 0.0850. The molecule has 24 heavy (non-hydrogen) atoms. The number of rotatable bonds is 6. The molecule has 1 fully saturated rings. The maximum atomic E-state index is 13.5. The zero-order valence-corrected chi connectivity index (χ0v) is 15.9. The third kappa shape index (κ3) is 5.38. The lowest BCUT2D eigenvalue weighted by atomic mass is 10.1. The second kappa shape index (κ2) is 9.28. The Morgan fingerprint density at radius 2 is 2.21 bits per heavy atom. The number of halogens is 1. The molecule has 0 spiro atoms. The molecule has 6 heteroatoms. The van der Waals surface area contributed by atoms with Crippen molar-refractivity contribution in [1.29, 1.82) is 0 Å². The first-order valence-electron chi connectivity index (χ1n) is 8.45. The van der Waals surface area contributed by atoms with Gasteiger partial charge in [-0.25, -0.2) is 4.39 Å². The van der Waals surface area contributed by atoms with Gasteiger partial charge in [0.1, 0.15) is 5.82 Å². The van der Waals surface area contributed by atoms with Gasteiger partial charge in [0, 0.05) is 24.9 Å². The van der Waals surface area contributed by atoms with Crippen LogP contribution in [-0.2, 0) is 0 Å². The van der Waals surface area contributed by atoms with Crippen LogP contribution in [0.15, 0.2) is 29.3 Å². The average molecular weight is 353 g/mol. The van der Waals surface area contributed by atoms with Gasteiger partial charge in [-0.05, 0) is 57.3 Å². The van der Waals surface area contributed by atoms with Crippen molar-refractivity contribution in [3.05, 3.63) is 35.6 Å². The summed E-state index contributed by atoms with van der Waals surface area (Å²) in [5.74, 6) is 0.626. The highest BCUT2D eigenvalue weighted by Crippen LogP contribution is 2.28. The normalized spacial score (nSPS) is 22.7. The standard InChI is InChI=1S/C18H29FN4S/c1-20-18(22-15-8-9-16(11-15)24-4)21-12-17(23(2)3)13-6-5-7-14(19)10-13/h5-7,10,15-17H,8-9,11-12H2,1-4H3,(H2,20,21,22). The Labute approximate surface area is 149 Å². The van der Waals surface area contributed by atoms with E-state index >= 15 is 0 Å². The molecule has 1 aromatic carbocycles. The van der Waals surface area contributed by atoms with Crippen molar-refractivity contribution in [3.8, 4) is 0 Å². The van der Waals surface area contributed by atoms with E-state index in [1.165, 1.54) is 25.3 Å². The Morgan fingerprint density at radius 3 is 2.79 bits per heavy atom. The zero-order chi connectivity index (χ0) is 17.5. The molecular weight excluding hydrogens is 323 g/mol. The topological polar surface area (TPSA) is 39.7 Å². The summed E-state index contributed by atoms with van der Waals surface area (Å²) < 4.78 is 13.5. The molecule has 0 heterocycles. The summed E-state index contributed by atoms with van der Waals surface area (Å²) in [4.78, 5) is 6.43. The minimum atomic E-state index is -0.198. The molecule has 1 saturated carbocycles. The number of likely N-dealkylation sites (N-methyl/N-ethyl adjacent to an activating group) is 1. The number of aliphatic imine (C=N–C) groups is 1. The summed E-state index contributed by atoms with van der Waals surface area (Å²) in [6.07, 6.45) is 5.82. The number of nitrogens with one attached hydrogen (secondary N) is 2. The summed E-state index contributed by atoms with van der Waals surface area (Å²) in [6.45, 7) is 0.675. The number of nitrogens with zero attached hydrogens (tertiary/aromatic N) is 2. The van der Waals surface area contributed by atoms with Crippen LogP contribution in [0.4, 0.5) is 4.39 Å². The van der Waals surface area contributed by atoms with Crippen LogP contribution >= 0.6 is 11.8 Å². The Balaban J connectivity index is 1.92. The van der Waals surface area contributed by atoms with E-state index in [2.05, 4.69) is 26.8 Å². The van der Waals surface area contributed by atoms with Crippen molar-refractivity contribution < 1.29 is 4.39 Å². The van der Waals surface area contributed by atoms with Crippen molar-refractivity contribution in [1.82, 2.24) is 15.5 Å². The molecule has 134 valence electrons. The van der Waals surface area contributed by atoms with Gasteiger partial charge < -0.3 is 15.5 Å². The number of hydrogen-bond acceptors (Lipinski definition) is 3. The molecule has 2 rings (SSSR count). The predicted octanol–water partition coefficient (Wildman–Crippen LogP) is 2.88. The lowest BCUT2D eigenvalue weighted by molar-refractivity contribution is 0.297. The second-order valence-electron chi connectivity index (χ2n) is 6.50. The van der Waals surface area contributed by atoms with E-state index in [9.17, 15) is 4.39 Å². The van der Waals surface area contributed by atoms with Gasteiger partial charge in [-0.3, -0.25) is 4.99 Å². The number of guanidine groups is 1. The lowest BCUT2D eigenvalue weighted by Gasteiger charge is -2.26. The molecule has 1 aliphatic carbocycles. The highest BCUT2D eigenvalue weighted by atomic mass is 32.2. The van der Waals surface area contributed by atoms with Gasteiger partial charge in [-0.2, -0.15) is 11.8 Å². The Morgan fingerprint density at radius 1 is 1.42 bits per heavy atom. The summed E-state index contributed by atoms with van der Waals surface area (Å²) in [6, 6.07) is 7.37. The van der Waals surface area contributed by atoms with E-state index in [0.29, 0.717) is 12.6 Å². The Bertz CT molecular complexity index is 550. The van der Waals surface area contributed by atoms with Gasteiger partial charge >= 0.3 is 0 Å². The van der Waals surface area contributed by atoms with Gasteiger partial charge in [0.25, 0.3) is 0 Å². The third-order valence-corrected chi connectivity index (χ3v) is 5.70. The first-order chi connectivity index (χ1) is 11.5. The van der Waals surface area contributed by atoms with Crippen LogP contribution in [0.1, 0.15) is 30.9 Å². The molecule has 0 saturated heterocycles. The fourth-order valence-electron chi connectivity index (χ4n) is 3.18. The maximum Gasteiger partial charge on any atom is 0.191 e. The van der Waals surface area contributed by atoms with Crippen LogP contribution in [0.2, 0.25) is 0 Å². The monoisotopic (exact) mass is 352 g/mol. The van der Waals surface area contributed by atoms with E-state index < -0.39 is 0 Å². The molecule has 4 nitrogen and oxygen atoms in total. The van der Waals surface area contributed by atoms with Crippen LogP contribution in [0.25, 0.3) is 0 Å². The van der Waals surface area contributed by atoms with Crippen LogP contribution in [0.5, 0.6) is 0 Å². The first kappa shape index (κ1) is 19.1. The third-order valence-electron chi connectivity index (χ3n) is 4.60. The number of benzene rings is 1. The molecule has 2 N–H and O–H groups in total.